The number of halogens is 2. The molecule has 36 heavy (non-hydrogen) atoms. The maximum Gasteiger partial charge on any atom is 0.322 e. The molecule has 2 aliphatic heterocycles. The third kappa shape index (κ3) is 4.30. The molecule has 6 rings (SSSR count). The highest BCUT2D eigenvalue weighted by Crippen LogP contribution is 2.36. The predicted octanol–water partition coefficient (Wildman–Crippen LogP) is 5.19. The normalized spacial score (nSPS) is 19.8. The Hall–Kier alpha value is -3.85. The zero-order chi connectivity index (χ0) is 24.9. The van der Waals surface area contributed by atoms with E-state index in [-0.39, 0.29) is 25.5 Å². The maximum atomic E-state index is 14.8. The Kier molecular flexibility index (Phi) is 5.44. The van der Waals surface area contributed by atoms with Gasteiger partial charge in [-0.2, -0.15) is 5.10 Å². The highest BCUT2D eigenvalue weighted by Gasteiger charge is 2.44. The summed E-state index contributed by atoms with van der Waals surface area (Å²) in [6.07, 6.45) is 1.40. The number of rotatable bonds is 4. The molecule has 1 saturated heterocycles. The highest BCUT2D eigenvalue weighted by molar-refractivity contribution is 6.00. The first-order valence-electron chi connectivity index (χ1n) is 12.0. The number of likely N-dealkylation sites (tertiary alicyclic amines) is 1. The van der Waals surface area contributed by atoms with Crippen LogP contribution in [0, 0.1) is 6.92 Å². The number of carbonyl (C=O) groups excluding carboxylic acids is 1. The number of nitrogens with zero attached hydrogens (tertiary/aromatic N) is 4. The molecule has 184 valence electrons. The van der Waals surface area contributed by atoms with Crippen molar-refractivity contribution in [2.24, 2.45) is 0 Å². The van der Waals surface area contributed by atoms with E-state index in [0.717, 1.165) is 39.0 Å². The summed E-state index contributed by atoms with van der Waals surface area (Å²) < 4.78 is 29.6. The van der Waals surface area contributed by atoms with Crippen LogP contribution in [0.3, 0.4) is 0 Å². The van der Waals surface area contributed by atoms with E-state index in [9.17, 15) is 13.6 Å². The van der Waals surface area contributed by atoms with Gasteiger partial charge < -0.3 is 10.2 Å². The summed E-state index contributed by atoms with van der Waals surface area (Å²) in [6.45, 7) is 2.69. The number of carbonyl (C=O) groups is 1. The number of fused-ring (bicyclic) bond motifs is 2. The van der Waals surface area contributed by atoms with E-state index >= 15 is 0 Å². The van der Waals surface area contributed by atoms with Crippen molar-refractivity contribution < 1.29 is 13.6 Å². The Balaban J connectivity index is 1.29. The predicted molar refractivity (Wildman–Crippen MR) is 134 cm³/mol. The molecule has 2 amide bonds. The minimum atomic E-state index is -2.88. The van der Waals surface area contributed by atoms with Crippen molar-refractivity contribution >= 4 is 22.6 Å². The van der Waals surface area contributed by atoms with Crippen LogP contribution in [-0.2, 0) is 13.1 Å². The lowest BCUT2D eigenvalue weighted by atomic mass is 9.97. The maximum absolute atomic E-state index is 14.8. The molecule has 0 radical (unpaired) electrons. The van der Waals surface area contributed by atoms with E-state index in [1.165, 1.54) is 0 Å². The van der Waals surface area contributed by atoms with Crippen molar-refractivity contribution in [1.82, 2.24) is 25.0 Å². The van der Waals surface area contributed by atoms with Gasteiger partial charge in [-0.15, -0.1) is 0 Å². The summed E-state index contributed by atoms with van der Waals surface area (Å²) in [4.78, 5) is 20.6. The summed E-state index contributed by atoms with van der Waals surface area (Å²) in [6, 6.07) is 16.4. The van der Waals surface area contributed by atoms with Gasteiger partial charge in [0, 0.05) is 54.6 Å². The lowest BCUT2D eigenvalue weighted by Crippen LogP contribution is -2.57. The summed E-state index contributed by atoms with van der Waals surface area (Å²) in [5.41, 5.74) is 5.94. The zero-order valence-electron chi connectivity index (χ0n) is 19.8. The van der Waals surface area contributed by atoms with Gasteiger partial charge >= 0.3 is 6.03 Å². The Morgan fingerprint density at radius 1 is 1.14 bits per heavy atom. The first kappa shape index (κ1) is 22.6. The van der Waals surface area contributed by atoms with E-state index in [4.69, 9.17) is 0 Å². The number of alkyl halides is 2. The van der Waals surface area contributed by atoms with Gasteiger partial charge in [-0.05, 0) is 42.3 Å². The molecule has 1 atom stereocenters. The number of piperidine rings is 1. The second kappa shape index (κ2) is 8.67. The molecule has 4 aromatic rings. The van der Waals surface area contributed by atoms with Gasteiger partial charge in [0.2, 0.25) is 0 Å². The van der Waals surface area contributed by atoms with E-state index in [2.05, 4.69) is 20.5 Å². The molecule has 0 spiro atoms. The Morgan fingerprint density at radius 2 is 1.97 bits per heavy atom. The van der Waals surface area contributed by atoms with E-state index < -0.39 is 12.0 Å². The van der Waals surface area contributed by atoms with Gasteiger partial charge in [-0.1, -0.05) is 30.3 Å². The molecule has 9 heteroatoms. The van der Waals surface area contributed by atoms with Crippen LogP contribution in [0.4, 0.5) is 19.3 Å². The number of benzene rings is 2. The van der Waals surface area contributed by atoms with Gasteiger partial charge in [-0.3, -0.25) is 15.0 Å². The molecular formula is C27H26F2N6O. The number of aromatic nitrogens is 3. The lowest BCUT2D eigenvalue weighted by molar-refractivity contribution is -0.0910. The van der Waals surface area contributed by atoms with Crippen LogP contribution >= 0.6 is 0 Å². The molecule has 2 aromatic carbocycles. The van der Waals surface area contributed by atoms with Gasteiger partial charge in [0.1, 0.15) is 5.69 Å². The number of H-pyrrole nitrogens is 1. The molecule has 2 N–H and O–H groups in total. The van der Waals surface area contributed by atoms with Crippen LogP contribution in [0.15, 0.2) is 60.8 Å². The Bertz CT molecular complexity index is 1440. The monoisotopic (exact) mass is 488 g/mol. The summed E-state index contributed by atoms with van der Waals surface area (Å²) in [5, 5.41) is 11.4. The van der Waals surface area contributed by atoms with Crippen molar-refractivity contribution in [3.63, 3.8) is 0 Å². The largest absolute Gasteiger partial charge is 0.322 e. The smallest absolute Gasteiger partial charge is 0.316 e. The fourth-order valence-corrected chi connectivity index (χ4v) is 5.34. The number of anilines is 1. The van der Waals surface area contributed by atoms with Crippen molar-refractivity contribution in [3.8, 4) is 11.3 Å². The molecule has 7 nitrogen and oxygen atoms in total. The van der Waals surface area contributed by atoms with Crippen LogP contribution in [-0.4, -0.2) is 56.1 Å². The van der Waals surface area contributed by atoms with Gasteiger partial charge in [0.05, 0.1) is 18.1 Å². The number of urea groups is 1. The molecule has 0 saturated carbocycles. The number of pyridine rings is 1. The van der Waals surface area contributed by atoms with E-state index in [0.29, 0.717) is 18.8 Å². The fourth-order valence-electron chi connectivity index (χ4n) is 5.34. The highest BCUT2D eigenvalue weighted by atomic mass is 19.3. The van der Waals surface area contributed by atoms with Crippen molar-refractivity contribution in [2.75, 3.05) is 18.4 Å². The molecule has 2 aliphatic rings. The van der Waals surface area contributed by atoms with Gasteiger partial charge in [-0.25, -0.2) is 13.6 Å². The third-order valence-electron chi connectivity index (χ3n) is 6.95. The standard InChI is InChI=1S/C27H26F2N6O/c1-17-9-19(7-8-30-17)25-22-10-20-14-35(26(36)31-23(20)11-24(22)32-33-25)21-12-27(28,29)16-34(15-21)13-18-5-3-2-4-6-18/h2-11,21H,12-16H2,1H3,(H,31,36)(H,32,33)/t21-/m1/s1. The molecule has 0 unspecified atom stereocenters. The van der Waals surface area contributed by atoms with Crippen LogP contribution in [0.2, 0.25) is 0 Å². The SMILES string of the molecule is Cc1cc(-c2n[nH]c3cc4c(cc23)CN([C@H]2CN(Cc3ccccc3)CC(F)(F)C2)C(=O)N4)ccn1. The summed E-state index contributed by atoms with van der Waals surface area (Å²) in [7, 11) is 0. The summed E-state index contributed by atoms with van der Waals surface area (Å²) >= 11 is 0. The number of amides is 2. The first-order chi connectivity index (χ1) is 17.3. The van der Waals surface area contributed by atoms with Crippen molar-refractivity contribution in [3.05, 3.63) is 77.6 Å². The van der Waals surface area contributed by atoms with Crippen molar-refractivity contribution in [1.29, 1.82) is 0 Å². The Morgan fingerprint density at radius 3 is 2.78 bits per heavy atom. The Labute approximate surface area is 207 Å². The van der Waals surface area contributed by atoms with Crippen molar-refractivity contribution in [2.45, 2.75) is 38.4 Å². The summed E-state index contributed by atoms with van der Waals surface area (Å²) in [5.74, 6) is -2.88. The average molecular weight is 489 g/mol. The number of aryl methyl sites for hydroxylation is 1. The number of hydrogen-bond acceptors (Lipinski definition) is 4. The number of aromatic amines is 1. The van der Waals surface area contributed by atoms with Gasteiger partial charge in [0.15, 0.2) is 0 Å². The lowest BCUT2D eigenvalue weighted by Gasteiger charge is -2.44. The molecule has 0 bridgehead atoms. The third-order valence-corrected chi connectivity index (χ3v) is 6.95. The van der Waals surface area contributed by atoms with E-state index in [1.54, 1.807) is 16.0 Å². The van der Waals surface area contributed by atoms with Gasteiger partial charge in [0.25, 0.3) is 5.92 Å². The van der Waals surface area contributed by atoms with E-state index in [1.807, 2.05) is 61.5 Å². The molecule has 0 aliphatic carbocycles. The van der Waals surface area contributed by atoms with Crippen LogP contribution in [0.25, 0.3) is 22.2 Å². The first-order valence-corrected chi connectivity index (χ1v) is 12.0. The topological polar surface area (TPSA) is 77.2 Å². The quantitative estimate of drug-likeness (QED) is 0.415. The number of hydrogen-bond donors (Lipinski definition) is 2. The van der Waals surface area contributed by atoms with Crippen LogP contribution in [0.1, 0.15) is 23.2 Å². The second-order valence-electron chi connectivity index (χ2n) is 9.74. The molecular weight excluding hydrogens is 462 g/mol. The molecule has 4 heterocycles. The van der Waals surface area contributed by atoms with Crippen LogP contribution in [0.5, 0.6) is 0 Å². The molecule has 1 fully saturated rings. The van der Waals surface area contributed by atoms with Crippen LogP contribution < -0.4 is 5.32 Å². The minimum absolute atomic E-state index is 0.261. The second-order valence-corrected chi connectivity index (χ2v) is 9.74. The minimum Gasteiger partial charge on any atom is -0.316 e. The fraction of sp³-hybridized carbons (Fsp3) is 0.296. The number of nitrogens with one attached hydrogen (secondary N) is 2. The molecule has 2 aromatic heterocycles. The average Bonchev–Trinajstić information content (AvgIpc) is 3.24. The zero-order valence-corrected chi connectivity index (χ0v) is 19.8.